The molecule has 0 amide bonds. The highest BCUT2D eigenvalue weighted by atomic mass is 127. The van der Waals surface area contributed by atoms with Crippen molar-refractivity contribution in [2.24, 2.45) is 10.7 Å². The Labute approximate surface area is 157 Å². The number of aliphatic imine (C=N–C) groups is 1. The molecule has 0 unspecified atom stereocenters. The summed E-state index contributed by atoms with van der Waals surface area (Å²) in [6, 6.07) is 8.70. The smallest absolute Gasteiger partial charge is 0.188 e. The number of hydrogen-bond acceptors (Lipinski definition) is 2. The molecule has 0 radical (unpaired) electrons. The fourth-order valence-corrected chi connectivity index (χ4v) is 2.69. The molecule has 23 heavy (non-hydrogen) atoms. The summed E-state index contributed by atoms with van der Waals surface area (Å²) >= 11 is 0. The quantitative estimate of drug-likeness (QED) is 0.328. The third kappa shape index (κ3) is 5.80. The fourth-order valence-electron chi connectivity index (χ4n) is 2.69. The van der Waals surface area contributed by atoms with Crippen LogP contribution in [0.25, 0.3) is 0 Å². The van der Waals surface area contributed by atoms with E-state index in [2.05, 4.69) is 59.9 Å². The highest BCUT2D eigenvalue weighted by Gasteiger charge is 2.29. The van der Waals surface area contributed by atoms with E-state index in [0.29, 0.717) is 19.0 Å². The Morgan fingerprint density at radius 1 is 1.35 bits per heavy atom. The molecular formula is C18H29IN4. The SMILES string of the molecule is C=C(C)CNC(N)=NCC(C)(C)N1CCc2ccccc2C1.I. The van der Waals surface area contributed by atoms with Crippen LogP contribution in [-0.2, 0) is 13.0 Å². The highest BCUT2D eigenvalue weighted by Crippen LogP contribution is 2.25. The van der Waals surface area contributed by atoms with E-state index in [1.807, 2.05) is 6.92 Å². The predicted molar refractivity (Wildman–Crippen MR) is 109 cm³/mol. The fraction of sp³-hybridized carbons (Fsp3) is 0.500. The van der Waals surface area contributed by atoms with Crippen molar-refractivity contribution in [3.05, 3.63) is 47.5 Å². The average Bonchev–Trinajstić information content (AvgIpc) is 2.50. The van der Waals surface area contributed by atoms with Crippen LogP contribution in [0.2, 0.25) is 0 Å². The predicted octanol–water partition coefficient (Wildman–Crippen LogP) is 2.92. The van der Waals surface area contributed by atoms with Gasteiger partial charge in [-0.05, 0) is 38.3 Å². The van der Waals surface area contributed by atoms with Crippen molar-refractivity contribution in [2.75, 3.05) is 19.6 Å². The highest BCUT2D eigenvalue weighted by molar-refractivity contribution is 14.0. The molecule has 1 aromatic rings. The summed E-state index contributed by atoms with van der Waals surface area (Å²) in [4.78, 5) is 6.99. The number of guanidine groups is 1. The molecule has 2 rings (SSSR count). The van der Waals surface area contributed by atoms with Crippen LogP contribution in [0.15, 0.2) is 41.4 Å². The number of hydrogen-bond donors (Lipinski definition) is 2. The maximum Gasteiger partial charge on any atom is 0.188 e. The molecule has 128 valence electrons. The van der Waals surface area contributed by atoms with Crippen molar-refractivity contribution < 1.29 is 0 Å². The number of nitrogens with two attached hydrogens (primary N) is 1. The number of benzene rings is 1. The van der Waals surface area contributed by atoms with E-state index in [1.54, 1.807) is 0 Å². The topological polar surface area (TPSA) is 53.6 Å². The van der Waals surface area contributed by atoms with Crippen LogP contribution in [0.1, 0.15) is 31.9 Å². The van der Waals surface area contributed by atoms with Crippen LogP contribution in [0, 0.1) is 0 Å². The second-order valence-electron chi connectivity index (χ2n) is 6.76. The Kier molecular flexibility index (Phi) is 7.54. The number of nitrogens with zero attached hydrogens (tertiary/aromatic N) is 2. The molecule has 1 aromatic carbocycles. The summed E-state index contributed by atoms with van der Waals surface area (Å²) in [5, 5.41) is 3.08. The van der Waals surface area contributed by atoms with E-state index in [9.17, 15) is 0 Å². The Morgan fingerprint density at radius 3 is 2.65 bits per heavy atom. The minimum absolute atomic E-state index is 0. The minimum Gasteiger partial charge on any atom is -0.370 e. The lowest BCUT2D eigenvalue weighted by Gasteiger charge is -2.40. The molecule has 1 heterocycles. The largest absolute Gasteiger partial charge is 0.370 e. The summed E-state index contributed by atoms with van der Waals surface area (Å²) in [6.07, 6.45) is 1.10. The number of fused-ring (bicyclic) bond motifs is 1. The maximum atomic E-state index is 5.91. The monoisotopic (exact) mass is 428 g/mol. The molecule has 0 atom stereocenters. The summed E-state index contributed by atoms with van der Waals surface area (Å²) in [6.45, 7) is 13.7. The van der Waals surface area contributed by atoms with Gasteiger partial charge in [0.15, 0.2) is 5.96 Å². The van der Waals surface area contributed by atoms with Gasteiger partial charge in [0.1, 0.15) is 0 Å². The van der Waals surface area contributed by atoms with Crippen molar-refractivity contribution in [1.29, 1.82) is 0 Å². The van der Waals surface area contributed by atoms with E-state index >= 15 is 0 Å². The molecular weight excluding hydrogens is 399 g/mol. The molecule has 0 aromatic heterocycles. The van der Waals surface area contributed by atoms with Crippen molar-refractivity contribution in [2.45, 2.75) is 39.3 Å². The lowest BCUT2D eigenvalue weighted by atomic mass is 9.94. The first-order valence-corrected chi connectivity index (χ1v) is 7.88. The van der Waals surface area contributed by atoms with E-state index in [1.165, 1.54) is 11.1 Å². The maximum absolute atomic E-state index is 5.91. The minimum atomic E-state index is -0.0109. The first-order valence-electron chi connectivity index (χ1n) is 7.88. The summed E-state index contributed by atoms with van der Waals surface area (Å²) in [7, 11) is 0. The van der Waals surface area contributed by atoms with Crippen molar-refractivity contribution in [3.63, 3.8) is 0 Å². The van der Waals surface area contributed by atoms with Gasteiger partial charge < -0.3 is 11.1 Å². The number of rotatable bonds is 5. The Morgan fingerprint density at radius 2 is 2.00 bits per heavy atom. The molecule has 3 N–H and O–H groups in total. The number of nitrogens with one attached hydrogen (secondary N) is 1. The Hall–Kier alpha value is -1.08. The van der Waals surface area contributed by atoms with Gasteiger partial charge in [-0.3, -0.25) is 9.89 Å². The summed E-state index contributed by atoms with van der Waals surface area (Å²) < 4.78 is 0. The van der Waals surface area contributed by atoms with Gasteiger partial charge in [-0.25, -0.2) is 0 Å². The first-order chi connectivity index (χ1) is 10.4. The van der Waals surface area contributed by atoms with Crippen LogP contribution < -0.4 is 11.1 Å². The lowest BCUT2D eigenvalue weighted by molar-refractivity contribution is 0.112. The second kappa shape index (κ2) is 8.68. The van der Waals surface area contributed by atoms with Gasteiger partial charge >= 0.3 is 0 Å². The zero-order chi connectivity index (χ0) is 16.2. The zero-order valence-electron chi connectivity index (χ0n) is 14.4. The van der Waals surface area contributed by atoms with Crippen molar-refractivity contribution >= 4 is 29.9 Å². The molecule has 4 nitrogen and oxygen atoms in total. The van der Waals surface area contributed by atoms with Gasteiger partial charge in [-0.2, -0.15) is 0 Å². The third-order valence-corrected chi connectivity index (χ3v) is 4.19. The zero-order valence-corrected chi connectivity index (χ0v) is 16.8. The van der Waals surface area contributed by atoms with Gasteiger partial charge in [0.05, 0.1) is 6.54 Å². The Balaban J connectivity index is 0.00000264. The normalized spacial score (nSPS) is 15.5. The Bertz CT molecular complexity index is 566. The van der Waals surface area contributed by atoms with Crippen LogP contribution in [0.5, 0.6) is 0 Å². The molecule has 5 heteroatoms. The average molecular weight is 428 g/mol. The number of halogens is 1. The van der Waals surface area contributed by atoms with Crippen molar-refractivity contribution in [3.8, 4) is 0 Å². The van der Waals surface area contributed by atoms with E-state index in [-0.39, 0.29) is 29.5 Å². The van der Waals surface area contributed by atoms with Crippen LogP contribution in [0.4, 0.5) is 0 Å². The molecule has 0 bridgehead atoms. The van der Waals surface area contributed by atoms with Crippen LogP contribution in [-0.4, -0.2) is 36.0 Å². The lowest BCUT2D eigenvalue weighted by Crippen LogP contribution is -2.49. The van der Waals surface area contributed by atoms with Gasteiger partial charge in [-0.1, -0.05) is 36.4 Å². The third-order valence-electron chi connectivity index (χ3n) is 4.19. The molecule has 1 aliphatic heterocycles. The van der Waals surface area contributed by atoms with Gasteiger partial charge in [0.25, 0.3) is 0 Å². The van der Waals surface area contributed by atoms with Crippen LogP contribution >= 0.6 is 24.0 Å². The van der Waals surface area contributed by atoms with E-state index in [0.717, 1.165) is 25.1 Å². The standard InChI is InChI=1S/C18H28N4.HI/c1-14(2)11-20-17(19)21-13-18(3,4)22-10-9-15-7-5-6-8-16(15)12-22;/h5-8H,1,9-13H2,2-4H3,(H3,19,20,21);1H. The molecule has 0 saturated heterocycles. The molecule has 1 aliphatic rings. The van der Waals surface area contributed by atoms with Gasteiger partial charge in [0.2, 0.25) is 0 Å². The molecule has 0 spiro atoms. The second-order valence-corrected chi connectivity index (χ2v) is 6.76. The van der Waals surface area contributed by atoms with E-state index < -0.39 is 0 Å². The van der Waals surface area contributed by atoms with Gasteiger partial charge in [0, 0.05) is 25.2 Å². The first kappa shape index (κ1) is 20.0. The van der Waals surface area contributed by atoms with Crippen molar-refractivity contribution in [1.82, 2.24) is 10.2 Å². The molecule has 0 saturated carbocycles. The van der Waals surface area contributed by atoms with E-state index in [4.69, 9.17) is 5.73 Å². The summed E-state index contributed by atoms with van der Waals surface area (Å²) in [5.74, 6) is 0.494. The van der Waals surface area contributed by atoms with Gasteiger partial charge in [-0.15, -0.1) is 24.0 Å². The van der Waals surface area contributed by atoms with Crippen LogP contribution in [0.3, 0.4) is 0 Å². The molecule has 0 aliphatic carbocycles. The summed E-state index contributed by atoms with van der Waals surface area (Å²) in [5.41, 5.74) is 9.85. The molecule has 0 fully saturated rings.